The first kappa shape index (κ1) is 19.6. The summed E-state index contributed by atoms with van der Waals surface area (Å²) < 4.78 is 19.8. The number of halogens is 1. The van der Waals surface area contributed by atoms with Crippen molar-refractivity contribution in [3.63, 3.8) is 0 Å². The molecule has 0 amide bonds. The number of nitrogens with one attached hydrogen (secondary N) is 1. The molecule has 8 heteroatoms. The number of benzene rings is 1. The predicted octanol–water partition coefficient (Wildman–Crippen LogP) is 3.56. The monoisotopic (exact) mass is 419 g/mol. The van der Waals surface area contributed by atoms with Crippen LogP contribution in [0.1, 0.15) is 25.0 Å². The van der Waals surface area contributed by atoms with Crippen molar-refractivity contribution >= 4 is 6.08 Å². The normalized spacial score (nSPS) is 23.8. The van der Waals surface area contributed by atoms with Gasteiger partial charge in [-0.25, -0.2) is 14.4 Å². The van der Waals surface area contributed by atoms with Gasteiger partial charge in [0.2, 0.25) is 5.88 Å². The third kappa shape index (κ3) is 3.86. The predicted molar refractivity (Wildman–Crippen MR) is 114 cm³/mol. The van der Waals surface area contributed by atoms with Crippen LogP contribution in [0, 0.1) is 0 Å². The maximum atomic E-state index is 14.6. The van der Waals surface area contributed by atoms with Crippen LogP contribution in [-0.4, -0.2) is 50.6 Å². The number of aromatic nitrogens is 4. The lowest BCUT2D eigenvalue weighted by Gasteiger charge is -2.27. The number of aromatic hydroxyl groups is 1. The van der Waals surface area contributed by atoms with Crippen molar-refractivity contribution in [2.45, 2.75) is 37.5 Å². The van der Waals surface area contributed by atoms with Crippen LogP contribution in [0.5, 0.6) is 11.6 Å². The third-order valence-corrected chi connectivity index (χ3v) is 5.89. The van der Waals surface area contributed by atoms with Gasteiger partial charge in [-0.2, -0.15) is 0 Å². The van der Waals surface area contributed by atoms with E-state index < -0.39 is 6.17 Å². The van der Waals surface area contributed by atoms with Crippen molar-refractivity contribution in [2.75, 3.05) is 7.11 Å². The van der Waals surface area contributed by atoms with Gasteiger partial charge in [0.1, 0.15) is 17.6 Å². The van der Waals surface area contributed by atoms with Crippen molar-refractivity contribution in [1.29, 1.82) is 0 Å². The fourth-order valence-electron chi connectivity index (χ4n) is 4.30. The smallest absolute Gasteiger partial charge is 0.213 e. The van der Waals surface area contributed by atoms with E-state index in [9.17, 15) is 9.50 Å². The molecule has 2 aromatic heterocycles. The minimum atomic E-state index is -0.997. The molecule has 31 heavy (non-hydrogen) atoms. The SMILES string of the molecule is COc1cc(-c2ccc(-c3ncc(/C=C4\CC5CCC(N5)[C@@H]4F)nn3)c(O)c2)ccn1. The van der Waals surface area contributed by atoms with E-state index in [2.05, 4.69) is 25.5 Å². The zero-order valence-electron chi connectivity index (χ0n) is 17.0. The van der Waals surface area contributed by atoms with Crippen LogP contribution in [-0.2, 0) is 0 Å². The summed E-state index contributed by atoms with van der Waals surface area (Å²) in [6.07, 6.45) is 6.52. The Hall–Kier alpha value is -3.39. The molecule has 2 aliphatic rings. The number of hydrogen-bond donors (Lipinski definition) is 2. The Labute approximate surface area is 179 Å². The Morgan fingerprint density at radius 3 is 2.77 bits per heavy atom. The van der Waals surface area contributed by atoms with E-state index in [1.54, 1.807) is 43.8 Å². The fourth-order valence-corrected chi connectivity index (χ4v) is 4.30. The molecule has 2 bridgehead atoms. The first-order valence-electron chi connectivity index (χ1n) is 10.2. The van der Waals surface area contributed by atoms with Gasteiger partial charge < -0.3 is 15.2 Å². The van der Waals surface area contributed by atoms with Crippen LogP contribution in [0.2, 0.25) is 0 Å². The van der Waals surface area contributed by atoms with Crippen molar-refractivity contribution in [3.05, 3.63) is 54.0 Å². The first-order chi connectivity index (χ1) is 15.1. The molecule has 158 valence electrons. The molecule has 2 fully saturated rings. The number of methoxy groups -OCH3 is 1. The molecule has 3 atom stereocenters. The summed E-state index contributed by atoms with van der Waals surface area (Å²) in [5.74, 6) is 0.844. The highest BCUT2D eigenvalue weighted by molar-refractivity contribution is 5.73. The van der Waals surface area contributed by atoms with Crippen LogP contribution >= 0.6 is 0 Å². The molecule has 7 nitrogen and oxygen atoms in total. The summed E-state index contributed by atoms with van der Waals surface area (Å²) in [6.45, 7) is 0. The number of phenols is 1. The van der Waals surface area contributed by atoms with Crippen molar-refractivity contribution < 1.29 is 14.2 Å². The summed E-state index contributed by atoms with van der Waals surface area (Å²) in [6, 6.07) is 9.13. The van der Waals surface area contributed by atoms with E-state index in [1.807, 2.05) is 12.1 Å². The van der Waals surface area contributed by atoms with Gasteiger partial charge in [0.15, 0.2) is 5.82 Å². The van der Waals surface area contributed by atoms with Gasteiger partial charge in [0.25, 0.3) is 0 Å². The summed E-state index contributed by atoms with van der Waals surface area (Å²) >= 11 is 0. The van der Waals surface area contributed by atoms with Gasteiger partial charge in [-0.1, -0.05) is 6.07 Å². The molecule has 0 radical (unpaired) electrons. The number of phenolic OH excluding ortho intramolecular Hbond substituents is 1. The Bertz CT molecular complexity index is 1140. The number of ether oxygens (including phenoxy) is 1. The number of fused-ring (bicyclic) bond motifs is 2. The minimum Gasteiger partial charge on any atom is -0.507 e. The highest BCUT2D eigenvalue weighted by Gasteiger charge is 2.38. The van der Waals surface area contributed by atoms with Gasteiger partial charge in [0.05, 0.1) is 18.9 Å². The van der Waals surface area contributed by atoms with E-state index in [0.717, 1.165) is 29.5 Å². The number of nitrogens with zero attached hydrogens (tertiary/aromatic N) is 4. The average molecular weight is 419 g/mol. The quantitative estimate of drug-likeness (QED) is 0.668. The zero-order chi connectivity index (χ0) is 21.4. The van der Waals surface area contributed by atoms with Gasteiger partial charge in [-0.15, -0.1) is 10.2 Å². The molecule has 0 aliphatic carbocycles. The van der Waals surface area contributed by atoms with Crippen LogP contribution in [0.25, 0.3) is 28.6 Å². The van der Waals surface area contributed by atoms with Gasteiger partial charge in [0, 0.05) is 24.3 Å². The standard InChI is InChI=1S/C23H22FN5O2/c1-31-21-11-14(6-7-25-21)13-2-4-18(20(30)10-13)23-26-12-17(28-29-23)9-15-8-16-3-5-19(27-16)22(15)24/h2,4,6-7,9-12,16,19,22,27,30H,3,5,8H2,1H3/b15-9+/t16?,19?,22-/m1/s1. The molecule has 2 unspecified atom stereocenters. The number of pyridine rings is 1. The summed E-state index contributed by atoms with van der Waals surface area (Å²) in [4.78, 5) is 8.43. The Morgan fingerprint density at radius 1 is 1.13 bits per heavy atom. The third-order valence-electron chi connectivity index (χ3n) is 5.89. The molecule has 5 rings (SSSR count). The molecule has 3 aromatic rings. The highest BCUT2D eigenvalue weighted by Crippen LogP contribution is 2.34. The second-order valence-corrected chi connectivity index (χ2v) is 7.90. The summed E-state index contributed by atoms with van der Waals surface area (Å²) in [5.41, 5.74) is 3.41. The lowest BCUT2D eigenvalue weighted by atomic mass is 9.96. The van der Waals surface area contributed by atoms with Crippen molar-refractivity contribution in [1.82, 2.24) is 25.5 Å². The average Bonchev–Trinajstić information content (AvgIpc) is 3.21. The van der Waals surface area contributed by atoms with E-state index in [-0.39, 0.29) is 11.8 Å². The van der Waals surface area contributed by atoms with E-state index in [0.29, 0.717) is 35.4 Å². The molecular weight excluding hydrogens is 397 g/mol. The number of alkyl halides is 1. The lowest BCUT2D eigenvalue weighted by Crippen LogP contribution is -2.42. The number of rotatable bonds is 4. The Balaban J connectivity index is 1.38. The van der Waals surface area contributed by atoms with Gasteiger partial charge >= 0.3 is 0 Å². The maximum absolute atomic E-state index is 14.6. The zero-order valence-corrected chi connectivity index (χ0v) is 17.0. The van der Waals surface area contributed by atoms with Crippen LogP contribution in [0.4, 0.5) is 4.39 Å². The first-order valence-corrected chi connectivity index (χ1v) is 10.2. The molecular formula is C23H22FN5O2. The molecule has 2 aliphatic heterocycles. The van der Waals surface area contributed by atoms with Crippen LogP contribution < -0.4 is 10.1 Å². The van der Waals surface area contributed by atoms with Gasteiger partial charge in [-0.3, -0.25) is 0 Å². The molecule has 0 spiro atoms. The molecule has 0 saturated carbocycles. The minimum absolute atomic E-state index is 0.0416. The fraction of sp³-hybridized carbons (Fsp3) is 0.304. The van der Waals surface area contributed by atoms with E-state index >= 15 is 0 Å². The molecule has 1 aromatic carbocycles. The second kappa shape index (κ2) is 8.03. The van der Waals surface area contributed by atoms with E-state index in [1.165, 1.54) is 0 Å². The molecule has 4 heterocycles. The molecule has 2 N–H and O–H groups in total. The van der Waals surface area contributed by atoms with Crippen molar-refractivity contribution in [3.8, 4) is 34.1 Å². The number of piperidine rings is 1. The molecule has 2 saturated heterocycles. The van der Waals surface area contributed by atoms with Gasteiger partial charge in [-0.05, 0) is 60.2 Å². The number of hydrogen-bond acceptors (Lipinski definition) is 7. The second-order valence-electron chi connectivity index (χ2n) is 7.90. The van der Waals surface area contributed by atoms with Crippen molar-refractivity contribution in [2.24, 2.45) is 0 Å². The maximum Gasteiger partial charge on any atom is 0.213 e. The highest BCUT2D eigenvalue weighted by atomic mass is 19.1. The Morgan fingerprint density at radius 2 is 2.00 bits per heavy atom. The Kier molecular flexibility index (Phi) is 5.07. The largest absolute Gasteiger partial charge is 0.507 e. The van der Waals surface area contributed by atoms with E-state index in [4.69, 9.17) is 4.74 Å². The lowest BCUT2D eigenvalue weighted by molar-refractivity contribution is 0.270. The topological polar surface area (TPSA) is 93.0 Å². The van der Waals surface area contributed by atoms with Crippen LogP contribution in [0.15, 0.2) is 48.3 Å². The van der Waals surface area contributed by atoms with Crippen LogP contribution in [0.3, 0.4) is 0 Å². The summed E-state index contributed by atoms with van der Waals surface area (Å²) in [5, 5.41) is 22.2. The summed E-state index contributed by atoms with van der Waals surface area (Å²) in [7, 11) is 1.56.